The molecule has 0 aliphatic heterocycles. The van der Waals surface area contributed by atoms with Gasteiger partial charge in [-0.3, -0.25) is 10.1 Å². The maximum atomic E-state index is 11.1. The third-order valence-corrected chi connectivity index (χ3v) is 3.67. The fraction of sp³-hybridized carbons (Fsp3) is 0.400. The third-order valence-electron chi connectivity index (χ3n) is 2.26. The molecule has 1 N–H and O–H groups in total. The average Bonchev–Trinajstić information content (AvgIpc) is 2.29. The number of hydrogen-bond donors (Lipinski definition) is 1. The molecule has 94 valence electrons. The summed E-state index contributed by atoms with van der Waals surface area (Å²) in [4.78, 5) is 9.94. The molecule has 1 aromatic rings. The smallest absolute Gasteiger partial charge is 0.258 e. The summed E-state index contributed by atoms with van der Waals surface area (Å²) < 4.78 is 24.7. The van der Waals surface area contributed by atoms with E-state index in [4.69, 9.17) is 0 Å². The van der Waals surface area contributed by atoms with Gasteiger partial charge in [-0.25, -0.2) is 13.1 Å². The van der Waals surface area contributed by atoms with Crippen molar-refractivity contribution in [1.82, 2.24) is 4.72 Å². The predicted octanol–water partition coefficient (Wildman–Crippen LogP) is 1.08. The predicted molar refractivity (Wildman–Crippen MR) is 64.3 cm³/mol. The van der Waals surface area contributed by atoms with Crippen LogP contribution in [0.1, 0.15) is 12.5 Å². The second kappa shape index (κ2) is 5.74. The first-order valence-corrected chi connectivity index (χ1v) is 6.80. The summed E-state index contributed by atoms with van der Waals surface area (Å²) in [5.74, 6) is 0.0489. The number of rotatable bonds is 6. The molecule has 0 aliphatic rings. The molecule has 1 aromatic carbocycles. The van der Waals surface area contributed by atoms with Gasteiger partial charge in [0.05, 0.1) is 10.7 Å². The van der Waals surface area contributed by atoms with Gasteiger partial charge >= 0.3 is 0 Å². The lowest BCUT2D eigenvalue weighted by Gasteiger charge is -2.04. The molecule has 0 aromatic heterocycles. The first-order valence-electron chi connectivity index (χ1n) is 5.15. The van der Waals surface area contributed by atoms with Crippen LogP contribution >= 0.6 is 0 Å². The molecule has 0 amide bonds. The molecule has 0 saturated carbocycles. The summed E-state index contributed by atoms with van der Waals surface area (Å²) in [5.41, 5.74) is 0.886. The number of hydrogen-bond acceptors (Lipinski definition) is 4. The van der Waals surface area contributed by atoms with Gasteiger partial charge in [0.15, 0.2) is 0 Å². The van der Waals surface area contributed by atoms with Crippen LogP contribution in [0.2, 0.25) is 0 Å². The summed E-state index contributed by atoms with van der Waals surface area (Å²) in [6.45, 7) is 1.86. The van der Waals surface area contributed by atoms with Gasteiger partial charge in [0.25, 0.3) is 5.69 Å². The molecule has 0 heterocycles. The van der Waals surface area contributed by atoms with E-state index in [1.165, 1.54) is 12.1 Å². The van der Waals surface area contributed by atoms with Crippen molar-refractivity contribution in [3.63, 3.8) is 0 Å². The van der Waals surface area contributed by atoms with Gasteiger partial charge in [0.2, 0.25) is 10.0 Å². The highest BCUT2D eigenvalue weighted by atomic mass is 32.2. The van der Waals surface area contributed by atoms with Gasteiger partial charge in [-0.05, 0) is 18.9 Å². The second-order valence-electron chi connectivity index (χ2n) is 3.47. The van der Waals surface area contributed by atoms with E-state index in [0.29, 0.717) is 13.0 Å². The van der Waals surface area contributed by atoms with Crippen molar-refractivity contribution >= 4 is 15.7 Å². The summed E-state index contributed by atoms with van der Waals surface area (Å²) in [6, 6.07) is 6.06. The fourth-order valence-electron chi connectivity index (χ4n) is 1.24. The summed E-state index contributed by atoms with van der Waals surface area (Å²) >= 11 is 0. The molecule has 17 heavy (non-hydrogen) atoms. The Labute approximate surface area is 99.9 Å². The van der Waals surface area contributed by atoms with E-state index >= 15 is 0 Å². The Bertz CT molecular complexity index is 482. The molecule has 0 atom stereocenters. The minimum atomic E-state index is -3.17. The highest BCUT2D eigenvalue weighted by Crippen LogP contribution is 2.11. The first kappa shape index (κ1) is 13.6. The lowest BCUT2D eigenvalue weighted by Crippen LogP contribution is -2.27. The molecule has 1 rings (SSSR count). The number of non-ortho nitro benzene ring substituents is 1. The molecule has 0 radical (unpaired) electrons. The number of nitro groups is 1. The lowest BCUT2D eigenvalue weighted by molar-refractivity contribution is -0.384. The quantitative estimate of drug-likeness (QED) is 0.610. The van der Waals surface area contributed by atoms with Gasteiger partial charge in [0, 0.05) is 18.7 Å². The van der Waals surface area contributed by atoms with Crippen LogP contribution in [0.25, 0.3) is 0 Å². The Morgan fingerprint density at radius 3 is 2.35 bits per heavy atom. The van der Waals surface area contributed by atoms with Crippen LogP contribution in [0, 0.1) is 10.1 Å². The standard InChI is InChI=1S/C10H14N2O4S/c1-2-17(15,16)11-8-7-9-3-5-10(6-4-9)12(13)14/h3-6,11H,2,7-8H2,1H3. The van der Waals surface area contributed by atoms with Gasteiger partial charge in [-0.1, -0.05) is 12.1 Å². The van der Waals surface area contributed by atoms with Crippen LogP contribution in [0.4, 0.5) is 5.69 Å². The molecule has 0 fully saturated rings. The normalized spacial score (nSPS) is 11.4. The topological polar surface area (TPSA) is 89.3 Å². The molecule has 0 unspecified atom stereocenters. The van der Waals surface area contributed by atoms with E-state index < -0.39 is 14.9 Å². The van der Waals surface area contributed by atoms with E-state index in [-0.39, 0.29) is 11.4 Å². The summed E-state index contributed by atoms with van der Waals surface area (Å²) in [5, 5.41) is 10.4. The van der Waals surface area contributed by atoms with Crippen LogP contribution in [-0.4, -0.2) is 25.6 Å². The van der Waals surface area contributed by atoms with E-state index in [0.717, 1.165) is 5.56 Å². The van der Waals surface area contributed by atoms with Crippen molar-refractivity contribution in [3.8, 4) is 0 Å². The second-order valence-corrected chi connectivity index (χ2v) is 5.57. The zero-order valence-corrected chi connectivity index (χ0v) is 10.2. The van der Waals surface area contributed by atoms with E-state index in [1.807, 2.05) is 0 Å². The molecular weight excluding hydrogens is 244 g/mol. The Kier molecular flexibility index (Phi) is 4.59. The zero-order valence-electron chi connectivity index (χ0n) is 9.42. The lowest BCUT2D eigenvalue weighted by atomic mass is 10.1. The molecule has 7 heteroatoms. The van der Waals surface area contributed by atoms with Crippen molar-refractivity contribution in [3.05, 3.63) is 39.9 Å². The Hall–Kier alpha value is -1.47. The third kappa shape index (κ3) is 4.49. The van der Waals surface area contributed by atoms with E-state index in [2.05, 4.69) is 4.72 Å². The molecule has 0 saturated heterocycles. The van der Waals surface area contributed by atoms with Crippen LogP contribution in [0.15, 0.2) is 24.3 Å². The van der Waals surface area contributed by atoms with Crippen LogP contribution in [-0.2, 0) is 16.4 Å². The molecule has 0 spiro atoms. The van der Waals surface area contributed by atoms with Gasteiger partial charge < -0.3 is 0 Å². The Balaban J connectivity index is 2.51. The highest BCUT2D eigenvalue weighted by molar-refractivity contribution is 7.89. The van der Waals surface area contributed by atoms with Crippen molar-refractivity contribution in [2.45, 2.75) is 13.3 Å². The van der Waals surface area contributed by atoms with Gasteiger partial charge in [-0.2, -0.15) is 0 Å². The largest absolute Gasteiger partial charge is 0.269 e. The van der Waals surface area contributed by atoms with Crippen molar-refractivity contribution < 1.29 is 13.3 Å². The molecular formula is C10H14N2O4S. The number of nitro benzene ring substituents is 1. The summed E-state index contributed by atoms with van der Waals surface area (Å²) in [6.07, 6.45) is 0.511. The van der Waals surface area contributed by atoms with Crippen molar-refractivity contribution in [2.75, 3.05) is 12.3 Å². The monoisotopic (exact) mass is 258 g/mol. The highest BCUT2D eigenvalue weighted by Gasteiger charge is 2.06. The molecule has 6 nitrogen and oxygen atoms in total. The minimum Gasteiger partial charge on any atom is -0.258 e. The molecule has 0 aliphatic carbocycles. The van der Waals surface area contributed by atoms with Gasteiger partial charge in [-0.15, -0.1) is 0 Å². The van der Waals surface area contributed by atoms with Crippen molar-refractivity contribution in [2.24, 2.45) is 0 Å². The Morgan fingerprint density at radius 2 is 1.88 bits per heavy atom. The fourth-order valence-corrected chi connectivity index (χ4v) is 1.85. The van der Waals surface area contributed by atoms with Crippen molar-refractivity contribution in [1.29, 1.82) is 0 Å². The van der Waals surface area contributed by atoms with Crippen LogP contribution < -0.4 is 4.72 Å². The first-order chi connectivity index (χ1) is 7.94. The van der Waals surface area contributed by atoms with Crippen LogP contribution in [0.5, 0.6) is 0 Å². The Morgan fingerprint density at radius 1 is 1.29 bits per heavy atom. The number of sulfonamides is 1. The minimum absolute atomic E-state index is 0.0305. The number of benzene rings is 1. The number of nitrogens with zero attached hydrogens (tertiary/aromatic N) is 1. The molecule has 0 bridgehead atoms. The van der Waals surface area contributed by atoms with Crippen LogP contribution in [0.3, 0.4) is 0 Å². The maximum absolute atomic E-state index is 11.1. The maximum Gasteiger partial charge on any atom is 0.269 e. The zero-order chi connectivity index (χ0) is 12.9. The SMILES string of the molecule is CCS(=O)(=O)NCCc1ccc([N+](=O)[O-])cc1. The van der Waals surface area contributed by atoms with E-state index in [1.54, 1.807) is 19.1 Å². The summed E-state index contributed by atoms with van der Waals surface area (Å²) in [7, 11) is -3.17. The average molecular weight is 258 g/mol. The van der Waals surface area contributed by atoms with E-state index in [9.17, 15) is 18.5 Å². The van der Waals surface area contributed by atoms with Gasteiger partial charge in [0.1, 0.15) is 0 Å². The number of nitrogens with one attached hydrogen (secondary N) is 1.